The van der Waals surface area contributed by atoms with Crippen molar-refractivity contribution < 1.29 is 23.8 Å². The van der Waals surface area contributed by atoms with Crippen molar-refractivity contribution in [2.45, 2.75) is 6.42 Å². The topological polar surface area (TPSA) is 91.1 Å². The van der Waals surface area contributed by atoms with Gasteiger partial charge in [0.25, 0.3) is 5.91 Å². The first-order valence-electron chi connectivity index (χ1n) is 7.96. The van der Waals surface area contributed by atoms with E-state index in [1.165, 1.54) is 26.2 Å². The molecule has 0 aliphatic rings. The lowest BCUT2D eigenvalue weighted by Crippen LogP contribution is -2.34. The maximum absolute atomic E-state index is 13.2. The standard InChI is InChI=1S/C19H22N2O5/c1-24-14-10-13(11-15(12-14)25-2)19(23)21(9-8-18(20)22)16-6-4-5-7-17(16)26-3/h4-7,10-12H,8-9H2,1-3H3,(H2,20,22). The van der Waals surface area contributed by atoms with Crippen molar-refractivity contribution in [1.82, 2.24) is 0 Å². The highest BCUT2D eigenvalue weighted by Crippen LogP contribution is 2.31. The molecule has 0 bridgehead atoms. The zero-order chi connectivity index (χ0) is 19.1. The number of rotatable bonds is 8. The summed E-state index contributed by atoms with van der Waals surface area (Å²) in [6, 6.07) is 12.0. The highest BCUT2D eigenvalue weighted by molar-refractivity contribution is 6.07. The van der Waals surface area contributed by atoms with Crippen molar-refractivity contribution in [3.8, 4) is 17.2 Å². The number of nitrogens with two attached hydrogens (primary N) is 1. The molecule has 2 amide bonds. The molecule has 0 radical (unpaired) electrons. The molecule has 2 N–H and O–H groups in total. The lowest BCUT2D eigenvalue weighted by Gasteiger charge is -2.24. The first kappa shape index (κ1) is 19.1. The van der Waals surface area contributed by atoms with Crippen molar-refractivity contribution in [3.63, 3.8) is 0 Å². The van der Waals surface area contributed by atoms with E-state index in [0.717, 1.165) is 0 Å². The molecule has 0 saturated heterocycles. The smallest absolute Gasteiger partial charge is 0.258 e. The monoisotopic (exact) mass is 358 g/mol. The van der Waals surface area contributed by atoms with Crippen LogP contribution in [0.3, 0.4) is 0 Å². The molecular formula is C19H22N2O5. The van der Waals surface area contributed by atoms with Crippen LogP contribution in [-0.4, -0.2) is 39.7 Å². The van der Waals surface area contributed by atoms with Gasteiger partial charge >= 0.3 is 0 Å². The highest BCUT2D eigenvalue weighted by atomic mass is 16.5. The second kappa shape index (κ2) is 8.75. The number of nitrogens with zero attached hydrogens (tertiary/aromatic N) is 1. The van der Waals surface area contributed by atoms with Gasteiger partial charge < -0.3 is 24.8 Å². The summed E-state index contributed by atoms with van der Waals surface area (Å²) in [5.41, 5.74) is 6.17. The third-order valence-electron chi connectivity index (χ3n) is 3.80. The molecule has 7 heteroatoms. The fourth-order valence-electron chi connectivity index (χ4n) is 2.49. The van der Waals surface area contributed by atoms with Gasteiger partial charge in [-0.3, -0.25) is 9.59 Å². The van der Waals surface area contributed by atoms with Gasteiger partial charge in [0, 0.05) is 24.6 Å². The van der Waals surface area contributed by atoms with Crippen molar-refractivity contribution in [3.05, 3.63) is 48.0 Å². The molecule has 0 unspecified atom stereocenters. The van der Waals surface area contributed by atoms with Crippen LogP contribution in [0.25, 0.3) is 0 Å². The lowest BCUT2D eigenvalue weighted by atomic mass is 10.1. The lowest BCUT2D eigenvalue weighted by molar-refractivity contribution is -0.117. The second-order valence-electron chi connectivity index (χ2n) is 5.45. The zero-order valence-corrected chi connectivity index (χ0v) is 15.0. The molecule has 0 aromatic heterocycles. The van der Waals surface area contributed by atoms with Crippen LogP contribution in [0.2, 0.25) is 0 Å². The van der Waals surface area contributed by atoms with Crippen LogP contribution in [0.5, 0.6) is 17.2 Å². The van der Waals surface area contributed by atoms with E-state index in [9.17, 15) is 9.59 Å². The van der Waals surface area contributed by atoms with E-state index < -0.39 is 5.91 Å². The van der Waals surface area contributed by atoms with Crippen LogP contribution in [-0.2, 0) is 4.79 Å². The summed E-state index contributed by atoms with van der Waals surface area (Å²) in [4.78, 5) is 25.9. The average molecular weight is 358 g/mol. The number of para-hydroxylation sites is 2. The molecule has 26 heavy (non-hydrogen) atoms. The van der Waals surface area contributed by atoms with E-state index >= 15 is 0 Å². The molecule has 0 spiro atoms. The molecule has 138 valence electrons. The Morgan fingerprint density at radius 1 is 0.962 bits per heavy atom. The predicted octanol–water partition coefficient (Wildman–Crippen LogP) is 2.23. The zero-order valence-electron chi connectivity index (χ0n) is 15.0. The van der Waals surface area contributed by atoms with Crippen molar-refractivity contribution >= 4 is 17.5 Å². The summed E-state index contributed by atoms with van der Waals surface area (Å²) in [5, 5.41) is 0. The minimum absolute atomic E-state index is 0.0187. The minimum Gasteiger partial charge on any atom is -0.497 e. The maximum atomic E-state index is 13.2. The number of hydrogen-bond donors (Lipinski definition) is 1. The van der Waals surface area contributed by atoms with E-state index in [1.54, 1.807) is 42.5 Å². The van der Waals surface area contributed by atoms with Crippen molar-refractivity contribution in [2.24, 2.45) is 5.73 Å². The van der Waals surface area contributed by atoms with Crippen LogP contribution in [0.15, 0.2) is 42.5 Å². The fraction of sp³-hybridized carbons (Fsp3) is 0.263. The average Bonchev–Trinajstić information content (AvgIpc) is 2.67. The van der Waals surface area contributed by atoms with Crippen molar-refractivity contribution in [2.75, 3.05) is 32.8 Å². The number of primary amides is 1. The molecule has 2 aromatic rings. The number of amides is 2. The molecule has 2 rings (SSSR count). The Balaban J connectivity index is 2.47. The summed E-state index contributed by atoms with van der Waals surface area (Å²) < 4.78 is 15.8. The van der Waals surface area contributed by atoms with Crippen LogP contribution >= 0.6 is 0 Å². The molecule has 0 atom stereocenters. The SMILES string of the molecule is COc1cc(OC)cc(C(=O)N(CCC(N)=O)c2ccccc2OC)c1. The molecular weight excluding hydrogens is 336 g/mol. The summed E-state index contributed by atoms with van der Waals surface area (Å²) in [5.74, 6) is 0.666. The summed E-state index contributed by atoms with van der Waals surface area (Å²) >= 11 is 0. The largest absolute Gasteiger partial charge is 0.497 e. The Morgan fingerprint density at radius 2 is 1.58 bits per heavy atom. The van der Waals surface area contributed by atoms with Crippen LogP contribution in [0.4, 0.5) is 5.69 Å². The van der Waals surface area contributed by atoms with E-state index in [1.807, 2.05) is 0 Å². The Morgan fingerprint density at radius 3 is 2.12 bits per heavy atom. The summed E-state index contributed by atoms with van der Waals surface area (Å²) in [6.45, 7) is 0.119. The van der Waals surface area contributed by atoms with Gasteiger partial charge in [0.1, 0.15) is 17.2 Å². The van der Waals surface area contributed by atoms with Gasteiger partial charge in [0.05, 0.1) is 27.0 Å². The van der Waals surface area contributed by atoms with Crippen molar-refractivity contribution in [1.29, 1.82) is 0 Å². The van der Waals surface area contributed by atoms with E-state index in [0.29, 0.717) is 28.5 Å². The maximum Gasteiger partial charge on any atom is 0.258 e. The first-order chi connectivity index (χ1) is 12.5. The third kappa shape index (κ3) is 4.44. The van der Waals surface area contributed by atoms with Gasteiger partial charge in [-0.1, -0.05) is 12.1 Å². The molecule has 0 aliphatic heterocycles. The van der Waals surface area contributed by atoms with E-state index in [-0.39, 0.29) is 18.9 Å². The van der Waals surface area contributed by atoms with Crippen LogP contribution in [0, 0.1) is 0 Å². The number of methoxy groups -OCH3 is 3. The van der Waals surface area contributed by atoms with Crippen LogP contribution in [0.1, 0.15) is 16.8 Å². The molecule has 0 aliphatic carbocycles. The van der Waals surface area contributed by atoms with Gasteiger partial charge in [0.2, 0.25) is 5.91 Å². The number of hydrogen-bond acceptors (Lipinski definition) is 5. The third-order valence-corrected chi connectivity index (χ3v) is 3.80. The Hall–Kier alpha value is -3.22. The van der Waals surface area contributed by atoms with Crippen LogP contribution < -0.4 is 24.8 Å². The number of carbonyl (C=O) groups is 2. The molecule has 0 saturated carbocycles. The normalized spacial score (nSPS) is 10.1. The second-order valence-corrected chi connectivity index (χ2v) is 5.45. The van der Waals surface area contributed by atoms with E-state index in [2.05, 4.69) is 0 Å². The molecule has 7 nitrogen and oxygen atoms in total. The number of anilines is 1. The fourth-order valence-corrected chi connectivity index (χ4v) is 2.49. The van der Waals surface area contributed by atoms with Gasteiger partial charge in [-0.2, -0.15) is 0 Å². The van der Waals surface area contributed by atoms with Gasteiger partial charge in [-0.05, 0) is 24.3 Å². The summed E-state index contributed by atoms with van der Waals surface area (Å²) in [6.07, 6.45) is 0.0187. The van der Waals surface area contributed by atoms with E-state index in [4.69, 9.17) is 19.9 Å². The minimum atomic E-state index is -0.499. The summed E-state index contributed by atoms with van der Waals surface area (Å²) in [7, 11) is 4.53. The number of benzene rings is 2. The quantitative estimate of drug-likeness (QED) is 0.781. The van der Waals surface area contributed by atoms with Gasteiger partial charge in [0.15, 0.2) is 0 Å². The molecule has 0 fully saturated rings. The number of carbonyl (C=O) groups excluding carboxylic acids is 2. The van der Waals surface area contributed by atoms with Gasteiger partial charge in [-0.15, -0.1) is 0 Å². The predicted molar refractivity (Wildman–Crippen MR) is 98.0 cm³/mol. The molecule has 0 heterocycles. The Bertz CT molecular complexity index is 769. The Kier molecular flexibility index (Phi) is 6.43. The Labute approximate surface area is 152 Å². The first-order valence-corrected chi connectivity index (χ1v) is 7.96. The number of ether oxygens (including phenoxy) is 3. The molecule has 2 aromatic carbocycles. The van der Waals surface area contributed by atoms with Gasteiger partial charge in [-0.25, -0.2) is 0 Å². The highest BCUT2D eigenvalue weighted by Gasteiger charge is 2.22.